The number of nitrogens with one attached hydrogen (secondary N) is 1. The Bertz CT molecular complexity index is 715. The van der Waals surface area contributed by atoms with Crippen molar-refractivity contribution in [1.82, 2.24) is 15.2 Å². The molecular weight excluding hydrogens is 306 g/mol. The Morgan fingerprint density at radius 2 is 1.83 bits per heavy atom. The van der Waals surface area contributed by atoms with Gasteiger partial charge in [-0.05, 0) is 49.9 Å². The molecule has 2 aromatic heterocycles. The monoisotopic (exact) mass is 325 g/mol. The zero-order chi connectivity index (χ0) is 16.5. The van der Waals surface area contributed by atoms with Crippen LogP contribution in [0.3, 0.4) is 0 Å². The zero-order valence-electron chi connectivity index (χ0n) is 13.2. The van der Waals surface area contributed by atoms with Crippen LogP contribution in [0.2, 0.25) is 0 Å². The Kier molecular flexibility index (Phi) is 3.80. The first kappa shape index (κ1) is 14.9. The molecule has 2 bridgehead atoms. The van der Waals surface area contributed by atoms with Gasteiger partial charge in [0.05, 0.1) is 6.26 Å². The van der Waals surface area contributed by atoms with E-state index in [1.807, 2.05) is 4.90 Å². The summed E-state index contributed by atoms with van der Waals surface area (Å²) in [6.07, 6.45) is 8.31. The molecule has 3 atom stereocenters. The summed E-state index contributed by atoms with van der Waals surface area (Å²) >= 11 is 0. The smallest absolute Gasteiger partial charge is 0.290 e. The van der Waals surface area contributed by atoms with Gasteiger partial charge in [-0.3, -0.25) is 14.6 Å². The summed E-state index contributed by atoms with van der Waals surface area (Å²) in [6.45, 7) is 0. The van der Waals surface area contributed by atoms with Crippen molar-refractivity contribution in [3.05, 3.63) is 54.2 Å². The molecule has 4 rings (SSSR count). The zero-order valence-corrected chi connectivity index (χ0v) is 13.2. The normalized spacial score (nSPS) is 25.5. The molecule has 4 heterocycles. The summed E-state index contributed by atoms with van der Waals surface area (Å²) < 4.78 is 5.26. The average Bonchev–Trinajstić information content (AvgIpc) is 3.22. The largest absolute Gasteiger partial charge is 0.459 e. The van der Waals surface area contributed by atoms with E-state index in [9.17, 15) is 9.59 Å². The molecular formula is C18H19N3O3. The van der Waals surface area contributed by atoms with Crippen molar-refractivity contribution in [2.45, 2.75) is 43.8 Å². The highest BCUT2D eigenvalue weighted by Gasteiger charge is 2.44. The fourth-order valence-electron chi connectivity index (χ4n) is 3.93. The van der Waals surface area contributed by atoms with Crippen molar-refractivity contribution in [2.75, 3.05) is 0 Å². The second-order valence-corrected chi connectivity index (χ2v) is 6.45. The molecule has 124 valence electrons. The van der Waals surface area contributed by atoms with Crippen LogP contribution in [0.15, 0.2) is 47.3 Å². The molecule has 1 N–H and O–H groups in total. The first-order chi connectivity index (χ1) is 11.7. The summed E-state index contributed by atoms with van der Waals surface area (Å²) in [6, 6.07) is 7.30. The van der Waals surface area contributed by atoms with Crippen molar-refractivity contribution in [1.29, 1.82) is 0 Å². The Balaban J connectivity index is 1.43. The molecule has 6 nitrogen and oxygen atoms in total. The molecule has 6 heteroatoms. The van der Waals surface area contributed by atoms with E-state index in [4.69, 9.17) is 4.42 Å². The van der Waals surface area contributed by atoms with Gasteiger partial charge < -0.3 is 14.6 Å². The first-order valence-electron chi connectivity index (χ1n) is 8.29. The maximum Gasteiger partial charge on any atom is 0.290 e. The van der Waals surface area contributed by atoms with Crippen LogP contribution in [0.25, 0.3) is 0 Å². The molecule has 0 spiro atoms. The highest BCUT2D eigenvalue weighted by atomic mass is 16.3. The minimum absolute atomic E-state index is 0.0357. The van der Waals surface area contributed by atoms with Gasteiger partial charge in [0.2, 0.25) is 0 Å². The summed E-state index contributed by atoms with van der Waals surface area (Å²) in [4.78, 5) is 30.8. The second-order valence-electron chi connectivity index (χ2n) is 6.45. The molecule has 2 aliphatic heterocycles. The van der Waals surface area contributed by atoms with Crippen molar-refractivity contribution < 1.29 is 14.0 Å². The first-order valence-corrected chi connectivity index (χ1v) is 8.29. The molecule has 2 aliphatic rings. The van der Waals surface area contributed by atoms with E-state index in [1.165, 1.54) is 6.26 Å². The molecule has 2 fully saturated rings. The Morgan fingerprint density at radius 3 is 2.46 bits per heavy atom. The molecule has 24 heavy (non-hydrogen) atoms. The van der Waals surface area contributed by atoms with Gasteiger partial charge in [-0.2, -0.15) is 0 Å². The summed E-state index contributed by atoms with van der Waals surface area (Å²) in [5, 5.41) is 3.10. The molecule has 0 aliphatic carbocycles. The van der Waals surface area contributed by atoms with Crippen LogP contribution in [-0.2, 0) is 0 Å². The third-order valence-electron chi connectivity index (χ3n) is 4.98. The van der Waals surface area contributed by atoms with Crippen molar-refractivity contribution >= 4 is 11.8 Å². The number of amides is 2. The summed E-state index contributed by atoms with van der Waals surface area (Å²) in [5.41, 5.74) is 0.617. The van der Waals surface area contributed by atoms with Gasteiger partial charge in [-0.25, -0.2) is 0 Å². The fraction of sp³-hybridized carbons (Fsp3) is 0.389. The molecule has 2 aromatic rings. The van der Waals surface area contributed by atoms with Crippen LogP contribution in [-0.4, -0.2) is 39.8 Å². The third-order valence-corrected chi connectivity index (χ3v) is 4.98. The number of furan rings is 1. The molecule has 1 unspecified atom stereocenters. The van der Waals surface area contributed by atoms with Crippen LogP contribution in [0.5, 0.6) is 0 Å². The van der Waals surface area contributed by atoms with Crippen LogP contribution in [0, 0.1) is 0 Å². The predicted octanol–water partition coefficient (Wildman–Crippen LogP) is 2.24. The minimum Gasteiger partial charge on any atom is -0.459 e. The van der Waals surface area contributed by atoms with E-state index in [-0.39, 0.29) is 29.9 Å². The van der Waals surface area contributed by atoms with Crippen LogP contribution in [0.4, 0.5) is 0 Å². The van der Waals surface area contributed by atoms with Gasteiger partial charge in [-0.15, -0.1) is 0 Å². The van der Waals surface area contributed by atoms with E-state index < -0.39 is 0 Å². The Hall–Kier alpha value is -2.63. The highest BCUT2D eigenvalue weighted by molar-refractivity contribution is 5.94. The number of fused-ring (bicyclic) bond motifs is 2. The number of rotatable bonds is 3. The number of piperidine rings is 1. The number of pyridine rings is 1. The maximum atomic E-state index is 12.6. The van der Waals surface area contributed by atoms with Gasteiger partial charge in [0.25, 0.3) is 11.8 Å². The molecule has 2 amide bonds. The van der Waals surface area contributed by atoms with Gasteiger partial charge in [-0.1, -0.05) is 0 Å². The Labute approximate surface area is 139 Å². The quantitative estimate of drug-likeness (QED) is 0.939. The van der Waals surface area contributed by atoms with Crippen molar-refractivity contribution in [3.63, 3.8) is 0 Å². The van der Waals surface area contributed by atoms with E-state index >= 15 is 0 Å². The molecule has 0 aromatic carbocycles. The fourth-order valence-corrected chi connectivity index (χ4v) is 3.93. The molecule has 0 radical (unpaired) electrons. The number of carbonyl (C=O) groups excluding carboxylic acids is 2. The molecule has 2 saturated heterocycles. The van der Waals surface area contributed by atoms with E-state index in [1.54, 1.807) is 36.7 Å². The SMILES string of the molecule is O=C(NC1C[C@H]2CC[C@@H](C1)N2C(=O)c1ccco1)c1ccncc1. The number of carbonyl (C=O) groups is 2. The summed E-state index contributed by atoms with van der Waals surface area (Å²) in [5.74, 6) is 0.283. The lowest BCUT2D eigenvalue weighted by atomic mass is 9.96. The lowest BCUT2D eigenvalue weighted by Crippen LogP contribution is -2.52. The predicted molar refractivity (Wildman–Crippen MR) is 86.4 cm³/mol. The van der Waals surface area contributed by atoms with E-state index in [0.29, 0.717) is 11.3 Å². The summed E-state index contributed by atoms with van der Waals surface area (Å²) in [7, 11) is 0. The number of aromatic nitrogens is 1. The van der Waals surface area contributed by atoms with Crippen molar-refractivity contribution in [3.8, 4) is 0 Å². The van der Waals surface area contributed by atoms with Crippen LogP contribution >= 0.6 is 0 Å². The minimum atomic E-state index is -0.0763. The third kappa shape index (κ3) is 2.68. The van der Waals surface area contributed by atoms with Crippen LogP contribution in [0.1, 0.15) is 46.6 Å². The lowest BCUT2D eigenvalue weighted by Gasteiger charge is -2.38. The topological polar surface area (TPSA) is 75.4 Å². The second kappa shape index (κ2) is 6.11. The number of hydrogen-bond donors (Lipinski definition) is 1. The van der Waals surface area contributed by atoms with E-state index in [2.05, 4.69) is 10.3 Å². The van der Waals surface area contributed by atoms with E-state index in [0.717, 1.165) is 25.7 Å². The number of hydrogen-bond acceptors (Lipinski definition) is 4. The standard InChI is InChI=1S/C18H19N3O3/c22-17(12-5-7-19-8-6-12)20-13-10-14-3-4-15(11-13)21(14)18(23)16-2-1-9-24-16/h1-2,5-9,13-15H,3-4,10-11H2,(H,20,22)/t13?,14-,15+. The Morgan fingerprint density at radius 1 is 1.12 bits per heavy atom. The van der Waals surface area contributed by atoms with Crippen molar-refractivity contribution in [2.24, 2.45) is 0 Å². The lowest BCUT2D eigenvalue weighted by molar-refractivity contribution is 0.0518. The number of nitrogens with zero attached hydrogens (tertiary/aromatic N) is 2. The van der Waals surface area contributed by atoms with Gasteiger partial charge in [0, 0.05) is 36.1 Å². The maximum absolute atomic E-state index is 12.6. The van der Waals surface area contributed by atoms with Crippen LogP contribution < -0.4 is 5.32 Å². The van der Waals surface area contributed by atoms with Gasteiger partial charge in [0.1, 0.15) is 0 Å². The molecule has 0 saturated carbocycles. The van der Waals surface area contributed by atoms with Gasteiger partial charge >= 0.3 is 0 Å². The highest BCUT2D eigenvalue weighted by Crippen LogP contribution is 2.37. The van der Waals surface area contributed by atoms with Gasteiger partial charge in [0.15, 0.2) is 5.76 Å². The average molecular weight is 325 g/mol.